The molecule has 0 bridgehead atoms. The zero-order valence-electron chi connectivity index (χ0n) is 14.9. The first-order valence-electron chi connectivity index (χ1n) is 8.92. The van der Waals surface area contributed by atoms with Crippen molar-refractivity contribution >= 4 is 17.6 Å². The van der Waals surface area contributed by atoms with Crippen LogP contribution in [0.3, 0.4) is 0 Å². The highest BCUT2D eigenvalue weighted by Crippen LogP contribution is 2.22. The molecule has 0 radical (unpaired) electrons. The Morgan fingerprint density at radius 3 is 2.30 bits per heavy atom. The Kier molecular flexibility index (Phi) is 6.40. The molecule has 7 nitrogen and oxygen atoms in total. The summed E-state index contributed by atoms with van der Waals surface area (Å²) in [4.78, 5) is 25.7. The van der Waals surface area contributed by atoms with E-state index in [4.69, 9.17) is 4.74 Å². The van der Waals surface area contributed by atoms with Crippen molar-refractivity contribution in [1.82, 2.24) is 10.2 Å². The molecule has 1 amide bonds. The van der Waals surface area contributed by atoms with Crippen LogP contribution in [0.5, 0.6) is 11.5 Å². The van der Waals surface area contributed by atoms with Gasteiger partial charge < -0.3 is 20.5 Å². The number of para-hydroxylation sites is 1. The Morgan fingerprint density at radius 1 is 1.04 bits per heavy atom. The summed E-state index contributed by atoms with van der Waals surface area (Å²) >= 11 is 0. The van der Waals surface area contributed by atoms with Crippen LogP contribution in [0.25, 0.3) is 0 Å². The number of ether oxygens (including phenoxy) is 1. The molecule has 2 aromatic carbocycles. The second-order valence-corrected chi connectivity index (χ2v) is 6.33. The van der Waals surface area contributed by atoms with Crippen molar-refractivity contribution in [3.05, 3.63) is 54.6 Å². The number of benzene rings is 2. The van der Waals surface area contributed by atoms with Gasteiger partial charge in [-0.1, -0.05) is 18.2 Å². The molecule has 0 aromatic heterocycles. The number of nitrogens with one attached hydrogen (secondary N) is 2. The minimum absolute atomic E-state index is 0.0857. The Bertz CT molecular complexity index is 759. The van der Waals surface area contributed by atoms with E-state index in [2.05, 4.69) is 10.6 Å². The van der Waals surface area contributed by atoms with Crippen molar-refractivity contribution < 1.29 is 19.4 Å². The summed E-state index contributed by atoms with van der Waals surface area (Å²) in [6.45, 7) is 2.70. The normalized spacial score (nSPS) is 15.7. The number of aliphatic carboxylic acids is 1. The van der Waals surface area contributed by atoms with Crippen LogP contribution in [0.15, 0.2) is 54.6 Å². The smallest absolute Gasteiger partial charge is 0.321 e. The number of carbonyl (C=O) groups excluding carboxylic acids is 1. The fourth-order valence-electron chi connectivity index (χ4n) is 2.98. The summed E-state index contributed by atoms with van der Waals surface area (Å²) in [5.74, 6) is 0.0920. The van der Waals surface area contributed by atoms with Crippen LogP contribution in [-0.4, -0.2) is 54.1 Å². The summed E-state index contributed by atoms with van der Waals surface area (Å²) in [6, 6.07) is 15.6. The highest BCUT2D eigenvalue weighted by atomic mass is 16.5. The first-order valence-corrected chi connectivity index (χ1v) is 8.92. The fourth-order valence-corrected chi connectivity index (χ4v) is 2.98. The van der Waals surface area contributed by atoms with Crippen molar-refractivity contribution in [2.24, 2.45) is 0 Å². The van der Waals surface area contributed by atoms with Crippen LogP contribution in [0, 0.1) is 0 Å². The number of nitrogens with zero attached hydrogens (tertiary/aromatic N) is 1. The van der Waals surface area contributed by atoms with Crippen molar-refractivity contribution in [3.63, 3.8) is 0 Å². The van der Waals surface area contributed by atoms with E-state index in [1.807, 2.05) is 35.2 Å². The van der Waals surface area contributed by atoms with Gasteiger partial charge in [0.2, 0.25) is 5.91 Å². The number of carbonyl (C=O) groups is 2. The second-order valence-electron chi connectivity index (χ2n) is 6.33. The average molecular weight is 369 g/mol. The predicted molar refractivity (Wildman–Crippen MR) is 102 cm³/mol. The van der Waals surface area contributed by atoms with Gasteiger partial charge in [-0.15, -0.1) is 0 Å². The quantitative estimate of drug-likeness (QED) is 0.693. The molecule has 0 saturated carbocycles. The largest absolute Gasteiger partial charge is 0.480 e. The maximum atomic E-state index is 12.3. The maximum absolute atomic E-state index is 12.3. The van der Waals surface area contributed by atoms with E-state index in [0.29, 0.717) is 24.5 Å². The first kappa shape index (κ1) is 18.9. The minimum atomic E-state index is -0.973. The average Bonchev–Trinajstić information content (AvgIpc) is 2.69. The van der Waals surface area contributed by atoms with Gasteiger partial charge in [0, 0.05) is 31.9 Å². The molecule has 1 atom stereocenters. The van der Waals surface area contributed by atoms with Crippen molar-refractivity contribution in [2.45, 2.75) is 12.5 Å². The van der Waals surface area contributed by atoms with Gasteiger partial charge in [-0.05, 0) is 36.4 Å². The number of amides is 1. The van der Waals surface area contributed by atoms with Crippen LogP contribution >= 0.6 is 0 Å². The van der Waals surface area contributed by atoms with Gasteiger partial charge in [0.25, 0.3) is 0 Å². The third-order valence-electron chi connectivity index (χ3n) is 4.37. The van der Waals surface area contributed by atoms with E-state index in [1.165, 1.54) is 0 Å². The number of carboxylic acids is 1. The maximum Gasteiger partial charge on any atom is 0.321 e. The van der Waals surface area contributed by atoms with E-state index in [0.717, 1.165) is 18.8 Å². The highest BCUT2D eigenvalue weighted by Gasteiger charge is 2.29. The number of hydrogen-bond acceptors (Lipinski definition) is 5. The molecule has 3 N–H and O–H groups in total. The lowest BCUT2D eigenvalue weighted by molar-refractivity contribution is -0.145. The summed E-state index contributed by atoms with van der Waals surface area (Å²) in [6.07, 6.45) is -0.0857. The van der Waals surface area contributed by atoms with Crippen molar-refractivity contribution in [1.29, 1.82) is 0 Å². The third-order valence-corrected chi connectivity index (χ3v) is 4.37. The van der Waals surface area contributed by atoms with E-state index >= 15 is 0 Å². The lowest BCUT2D eigenvalue weighted by Gasteiger charge is -2.32. The summed E-state index contributed by atoms with van der Waals surface area (Å²) < 4.78 is 5.71. The second kappa shape index (κ2) is 9.16. The Hall–Kier alpha value is -2.90. The Balaban J connectivity index is 1.55. The number of hydrogen-bond donors (Lipinski definition) is 3. The minimum Gasteiger partial charge on any atom is -0.480 e. The molecule has 1 aliphatic rings. The van der Waals surface area contributed by atoms with Gasteiger partial charge in [0.1, 0.15) is 17.5 Å². The standard InChI is InChI=1S/C20H23N3O4/c24-19(14-18(20(25)26)23-12-10-21-11-13-23)22-15-6-8-17(9-7-15)27-16-4-2-1-3-5-16/h1-9,18,21H,10-14H2,(H,22,24)(H,25,26)/t18-/m0/s1. The molecule has 0 unspecified atom stereocenters. The molecule has 3 rings (SSSR count). The molecular formula is C20H23N3O4. The Morgan fingerprint density at radius 2 is 1.67 bits per heavy atom. The van der Waals surface area contributed by atoms with E-state index in [-0.39, 0.29) is 12.3 Å². The van der Waals surface area contributed by atoms with Crippen molar-refractivity contribution in [3.8, 4) is 11.5 Å². The van der Waals surface area contributed by atoms with Gasteiger partial charge in [-0.2, -0.15) is 0 Å². The molecule has 1 saturated heterocycles. The molecule has 0 spiro atoms. The summed E-state index contributed by atoms with van der Waals surface area (Å²) in [7, 11) is 0. The van der Waals surface area contributed by atoms with Crippen LogP contribution < -0.4 is 15.4 Å². The zero-order chi connectivity index (χ0) is 19.1. The molecule has 142 valence electrons. The van der Waals surface area contributed by atoms with Crippen LogP contribution in [0.4, 0.5) is 5.69 Å². The molecule has 1 heterocycles. The molecule has 1 fully saturated rings. The van der Waals surface area contributed by atoms with Gasteiger partial charge in [-0.3, -0.25) is 14.5 Å². The SMILES string of the molecule is O=C(C[C@@H](C(=O)O)N1CCNCC1)Nc1ccc(Oc2ccccc2)cc1. The van der Waals surface area contributed by atoms with Crippen LogP contribution in [0.1, 0.15) is 6.42 Å². The number of carboxylic acid groups (broad SMARTS) is 1. The highest BCUT2D eigenvalue weighted by molar-refractivity contribution is 5.94. The topological polar surface area (TPSA) is 90.9 Å². The molecule has 7 heteroatoms. The predicted octanol–water partition coefficient (Wildman–Crippen LogP) is 2.17. The summed E-state index contributed by atoms with van der Waals surface area (Å²) in [5, 5.41) is 15.4. The van der Waals surface area contributed by atoms with Gasteiger partial charge >= 0.3 is 5.97 Å². The van der Waals surface area contributed by atoms with Gasteiger partial charge in [0.05, 0.1) is 6.42 Å². The number of anilines is 1. The summed E-state index contributed by atoms with van der Waals surface area (Å²) in [5.41, 5.74) is 0.602. The van der Waals surface area contributed by atoms with Crippen LogP contribution in [0.2, 0.25) is 0 Å². The van der Waals surface area contributed by atoms with Crippen molar-refractivity contribution in [2.75, 3.05) is 31.5 Å². The molecule has 1 aliphatic heterocycles. The number of piperazine rings is 1. The molecule has 0 aliphatic carbocycles. The monoisotopic (exact) mass is 369 g/mol. The van der Waals surface area contributed by atoms with E-state index in [1.54, 1.807) is 24.3 Å². The van der Waals surface area contributed by atoms with Gasteiger partial charge in [0.15, 0.2) is 0 Å². The third kappa shape index (κ3) is 5.54. The first-order chi connectivity index (χ1) is 13.1. The van der Waals surface area contributed by atoms with E-state index in [9.17, 15) is 14.7 Å². The van der Waals surface area contributed by atoms with E-state index < -0.39 is 12.0 Å². The van der Waals surface area contributed by atoms with Crippen LogP contribution in [-0.2, 0) is 9.59 Å². The lowest BCUT2D eigenvalue weighted by atomic mass is 10.1. The lowest BCUT2D eigenvalue weighted by Crippen LogP contribution is -2.52. The van der Waals surface area contributed by atoms with Gasteiger partial charge in [-0.25, -0.2) is 0 Å². The zero-order valence-corrected chi connectivity index (χ0v) is 14.9. The fraction of sp³-hybridized carbons (Fsp3) is 0.300. The molecular weight excluding hydrogens is 346 g/mol. The molecule has 27 heavy (non-hydrogen) atoms. The molecule has 2 aromatic rings. The Labute approximate surface area is 157 Å². The number of rotatable bonds is 7.